The normalized spacial score (nSPS) is 19.9. The van der Waals surface area contributed by atoms with Crippen molar-refractivity contribution in [1.82, 2.24) is 16.0 Å². The van der Waals surface area contributed by atoms with E-state index in [1.165, 1.54) is 6.08 Å². The van der Waals surface area contributed by atoms with Crippen molar-refractivity contribution in [2.24, 2.45) is 0 Å². The first-order chi connectivity index (χ1) is 6.63. The van der Waals surface area contributed by atoms with Gasteiger partial charge in [-0.2, -0.15) is 0 Å². The maximum Gasteiger partial charge on any atom is 0.322 e. The number of imide groups is 1. The van der Waals surface area contributed by atoms with E-state index in [2.05, 4.69) is 17.2 Å². The Balaban J connectivity index is 2.37. The molecule has 0 aliphatic carbocycles. The first-order valence-corrected chi connectivity index (χ1v) is 4.12. The molecule has 0 radical (unpaired) electrons. The summed E-state index contributed by atoms with van der Waals surface area (Å²) in [7, 11) is 0. The topological polar surface area (TPSA) is 87.3 Å². The number of urea groups is 1. The van der Waals surface area contributed by atoms with Crippen LogP contribution in [0.5, 0.6) is 0 Å². The number of nitrogens with one attached hydrogen (secondary N) is 3. The molecule has 0 aromatic carbocycles. The molecule has 1 unspecified atom stereocenters. The van der Waals surface area contributed by atoms with Gasteiger partial charge in [0.1, 0.15) is 6.04 Å². The lowest BCUT2D eigenvalue weighted by molar-refractivity contribution is -0.126. The third-order valence-corrected chi connectivity index (χ3v) is 1.69. The van der Waals surface area contributed by atoms with Crippen LogP contribution in [-0.4, -0.2) is 30.4 Å². The lowest BCUT2D eigenvalue weighted by Crippen LogP contribution is -2.36. The van der Waals surface area contributed by atoms with Gasteiger partial charge in [0, 0.05) is 6.54 Å². The van der Waals surface area contributed by atoms with Gasteiger partial charge in [0.2, 0.25) is 5.91 Å². The summed E-state index contributed by atoms with van der Waals surface area (Å²) in [6, 6.07) is -1.32. The molecule has 1 rings (SSSR count). The van der Waals surface area contributed by atoms with E-state index in [0.717, 1.165) is 0 Å². The molecule has 0 aromatic rings. The van der Waals surface area contributed by atoms with Gasteiger partial charge in [-0.05, 0) is 0 Å². The highest BCUT2D eigenvalue weighted by Crippen LogP contribution is 1.98. The van der Waals surface area contributed by atoms with E-state index in [0.29, 0.717) is 6.54 Å². The van der Waals surface area contributed by atoms with E-state index in [4.69, 9.17) is 0 Å². The van der Waals surface area contributed by atoms with Crippen molar-refractivity contribution in [2.75, 3.05) is 6.54 Å². The maximum absolute atomic E-state index is 11.1. The Morgan fingerprint density at radius 2 is 2.29 bits per heavy atom. The summed E-state index contributed by atoms with van der Waals surface area (Å²) in [6.45, 7) is 3.78. The molecular formula is C8H11N3O3. The fourth-order valence-electron chi connectivity index (χ4n) is 1.05. The molecule has 14 heavy (non-hydrogen) atoms. The SMILES string of the molecule is C=CCNC(=O)CC1NC(=O)NC1=O. The van der Waals surface area contributed by atoms with Crippen molar-refractivity contribution < 1.29 is 14.4 Å². The van der Waals surface area contributed by atoms with Crippen LogP contribution in [-0.2, 0) is 9.59 Å². The molecule has 4 amide bonds. The number of amides is 4. The monoisotopic (exact) mass is 197 g/mol. The molecule has 6 nitrogen and oxygen atoms in total. The van der Waals surface area contributed by atoms with Crippen molar-refractivity contribution in [1.29, 1.82) is 0 Å². The average Bonchev–Trinajstić information content (AvgIpc) is 2.42. The Morgan fingerprint density at radius 3 is 2.79 bits per heavy atom. The predicted octanol–water partition coefficient (Wildman–Crippen LogP) is -1.11. The Bertz CT molecular complexity index is 288. The van der Waals surface area contributed by atoms with Gasteiger partial charge in [0.05, 0.1) is 6.42 Å². The van der Waals surface area contributed by atoms with E-state index < -0.39 is 18.0 Å². The zero-order valence-corrected chi connectivity index (χ0v) is 7.50. The summed E-state index contributed by atoms with van der Waals surface area (Å²) in [6.07, 6.45) is 1.48. The van der Waals surface area contributed by atoms with Crippen molar-refractivity contribution in [2.45, 2.75) is 12.5 Å². The highest BCUT2D eigenvalue weighted by Gasteiger charge is 2.30. The second-order valence-corrected chi connectivity index (χ2v) is 2.81. The quantitative estimate of drug-likeness (QED) is 0.394. The van der Waals surface area contributed by atoms with E-state index in [-0.39, 0.29) is 12.3 Å². The van der Waals surface area contributed by atoms with Crippen molar-refractivity contribution in [3.63, 3.8) is 0 Å². The van der Waals surface area contributed by atoms with Crippen LogP contribution in [0.1, 0.15) is 6.42 Å². The van der Waals surface area contributed by atoms with Gasteiger partial charge in [-0.15, -0.1) is 6.58 Å². The molecule has 76 valence electrons. The van der Waals surface area contributed by atoms with Gasteiger partial charge in [-0.25, -0.2) is 4.79 Å². The minimum atomic E-state index is -0.757. The smallest absolute Gasteiger partial charge is 0.322 e. The summed E-state index contributed by atoms with van der Waals surface area (Å²) in [5, 5.41) is 6.87. The molecule has 1 aliphatic heterocycles. The molecule has 0 bridgehead atoms. The third-order valence-electron chi connectivity index (χ3n) is 1.69. The molecule has 0 spiro atoms. The number of hydrogen-bond acceptors (Lipinski definition) is 3. The van der Waals surface area contributed by atoms with Crippen LogP contribution in [0.25, 0.3) is 0 Å². The molecule has 1 aliphatic rings. The van der Waals surface area contributed by atoms with E-state index >= 15 is 0 Å². The summed E-state index contributed by atoms with van der Waals surface area (Å²) < 4.78 is 0. The van der Waals surface area contributed by atoms with Crippen molar-refractivity contribution >= 4 is 17.8 Å². The van der Waals surface area contributed by atoms with Crippen LogP contribution in [0.4, 0.5) is 4.79 Å². The molecule has 0 saturated carbocycles. The second-order valence-electron chi connectivity index (χ2n) is 2.81. The van der Waals surface area contributed by atoms with Crippen LogP contribution in [0, 0.1) is 0 Å². The third kappa shape index (κ3) is 2.58. The Kier molecular flexibility index (Phi) is 3.22. The summed E-state index contributed by atoms with van der Waals surface area (Å²) in [5.41, 5.74) is 0. The number of carbonyl (C=O) groups is 3. The summed E-state index contributed by atoms with van der Waals surface area (Å²) in [5.74, 6) is -0.768. The van der Waals surface area contributed by atoms with Crippen LogP contribution in [0.2, 0.25) is 0 Å². The van der Waals surface area contributed by atoms with Gasteiger partial charge in [0.15, 0.2) is 0 Å². The van der Waals surface area contributed by atoms with E-state index in [1.807, 2.05) is 5.32 Å². The molecular weight excluding hydrogens is 186 g/mol. The Morgan fingerprint density at radius 1 is 1.57 bits per heavy atom. The van der Waals surface area contributed by atoms with Gasteiger partial charge in [0.25, 0.3) is 5.91 Å². The van der Waals surface area contributed by atoms with E-state index in [1.54, 1.807) is 0 Å². The van der Waals surface area contributed by atoms with Crippen molar-refractivity contribution in [3.8, 4) is 0 Å². The van der Waals surface area contributed by atoms with Crippen LogP contribution < -0.4 is 16.0 Å². The van der Waals surface area contributed by atoms with Gasteiger partial charge in [-0.3, -0.25) is 14.9 Å². The minimum absolute atomic E-state index is 0.0502. The highest BCUT2D eigenvalue weighted by molar-refractivity contribution is 6.05. The first-order valence-electron chi connectivity index (χ1n) is 4.12. The van der Waals surface area contributed by atoms with Crippen LogP contribution >= 0.6 is 0 Å². The summed E-state index contributed by atoms with van der Waals surface area (Å²) in [4.78, 5) is 32.8. The van der Waals surface area contributed by atoms with Crippen LogP contribution in [0.15, 0.2) is 12.7 Å². The fraction of sp³-hybridized carbons (Fsp3) is 0.375. The molecule has 1 atom stereocenters. The van der Waals surface area contributed by atoms with Gasteiger partial charge >= 0.3 is 6.03 Å². The van der Waals surface area contributed by atoms with Crippen molar-refractivity contribution in [3.05, 3.63) is 12.7 Å². The van der Waals surface area contributed by atoms with E-state index in [9.17, 15) is 14.4 Å². The highest BCUT2D eigenvalue weighted by atomic mass is 16.2. The second kappa shape index (κ2) is 4.40. The molecule has 0 aromatic heterocycles. The Labute approximate surface area is 80.7 Å². The zero-order chi connectivity index (χ0) is 10.6. The number of hydrogen-bond donors (Lipinski definition) is 3. The lowest BCUT2D eigenvalue weighted by atomic mass is 10.2. The standard InChI is InChI=1S/C8H11N3O3/c1-2-3-9-6(12)4-5-7(13)11-8(14)10-5/h2,5H,1,3-4H2,(H,9,12)(H2,10,11,13,14). The number of carbonyl (C=O) groups excluding carboxylic acids is 3. The molecule has 1 heterocycles. The first kappa shape index (κ1) is 10.2. The number of rotatable bonds is 4. The largest absolute Gasteiger partial charge is 0.353 e. The zero-order valence-electron chi connectivity index (χ0n) is 7.50. The Hall–Kier alpha value is -1.85. The fourth-order valence-corrected chi connectivity index (χ4v) is 1.05. The molecule has 6 heteroatoms. The minimum Gasteiger partial charge on any atom is -0.353 e. The molecule has 1 fully saturated rings. The maximum atomic E-state index is 11.1. The van der Waals surface area contributed by atoms with Gasteiger partial charge < -0.3 is 10.6 Å². The summed E-state index contributed by atoms with van der Waals surface area (Å²) >= 11 is 0. The van der Waals surface area contributed by atoms with Gasteiger partial charge in [-0.1, -0.05) is 6.08 Å². The average molecular weight is 197 g/mol. The lowest BCUT2D eigenvalue weighted by Gasteiger charge is -2.06. The molecule has 3 N–H and O–H groups in total. The predicted molar refractivity (Wildman–Crippen MR) is 48.3 cm³/mol. The molecule has 1 saturated heterocycles. The van der Waals surface area contributed by atoms with Crippen LogP contribution in [0.3, 0.4) is 0 Å².